The summed E-state index contributed by atoms with van der Waals surface area (Å²) in [6, 6.07) is 11.9. The molecule has 1 N–H and O–H groups in total. The molecule has 0 aromatic carbocycles. The predicted molar refractivity (Wildman–Crippen MR) is 146 cm³/mol. The number of fused-ring (bicyclic) bond motifs is 4. The van der Waals surface area contributed by atoms with Gasteiger partial charge in [-0.05, 0) is 79.6 Å². The fourth-order valence-electron chi connectivity index (χ4n) is 5.15. The average Bonchev–Trinajstić information content (AvgIpc) is 3.26. The molecule has 3 aromatic rings. The fourth-order valence-corrected chi connectivity index (χ4v) is 5.15. The monoisotopic (exact) mass is 482 g/mol. The number of anilines is 3. The maximum Gasteiger partial charge on any atom is 0.329 e. The lowest BCUT2D eigenvalue weighted by Gasteiger charge is -2.35. The average molecular weight is 483 g/mol. The van der Waals surface area contributed by atoms with Gasteiger partial charge >= 0.3 is 6.03 Å². The summed E-state index contributed by atoms with van der Waals surface area (Å²) < 4.78 is 0. The standard InChI is InChI=1S/C29H34N6O/c1-6-20(17-29(3,4)5)21-9-13-31-26(16-21)33-28(36)35-23-11-14-34(18-23)25-8-7-24(32-27(25)35)22-10-12-30-19(2)15-22/h6-10,12-13,15-16,23H,11,14,17-18H2,1-5H3,(H,31,33,36)/b20-6+. The summed E-state index contributed by atoms with van der Waals surface area (Å²) in [7, 11) is 0. The molecule has 0 saturated carbocycles. The number of nitrogens with zero attached hydrogens (tertiary/aromatic N) is 5. The highest BCUT2D eigenvalue weighted by atomic mass is 16.2. The Morgan fingerprint density at radius 1 is 1.14 bits per heavy atom. The third-order valence-corrected chi connectivity index (χ3v) is 6.80. The highest BCUT2D eigenvalue weighted by Gasteiger charge is 2.40. The Morgan fingerprint density at radius 2 is 1.94 bits per heavy atom. The first-order chi connectivity index (χ1) is 17.2. The summed E-state index contributed by atoms with van der Waals surface area (Å²) >= 11 is 0. The Morgan fingerprint density at radius 3 is 2.69 bits per heavy atom. The Labute approximate surface area is 213 Å². The van der Waals surface area contributed by atoms with Gasteiger partial charge in [0, 0.05) is 36.7 Å². The lowest BCUT2D eigenvalue weighted by atomic mass is 9.85. The van der Waals surface area contributed by atoms with E-state index >= 15 is 0 Å². The number of aryl methyl sites for hydroxylation is 1. The smallest absolute Gasteiger partial charge is 0.329 e. The van der Waals surface area contributed by atoms with Crippen molar-refractivity contribution in [3.8, 4) is 11.3 Å². The van der Waals surface area contributed by atoms with E-state index in [0.717, 1.165) is 54.1 Å². The Balaban J connectivity index is 1.45. The zero-order valence-electron chi connectivity index (χ0n) is 21.7. The number of aromatic nitrogens is 3. The zero-order valence-corrected chi connectivity index (χ0v) is 21.7. The Bertz CT molecular complexity index is 1330. The molecule has 5 rings (SSSR count). The van der Waals surface area contributed by atoms with Crippen LogP contribution in [-0.2, 0) is 0 Å². The number of rotatable bonds is 4. The van der Waals surface area contributed by atoms with Gasteiger partial charge in [0.2, 0.25) is 0 Å². The molecular weight excluding hydrogens is 448 g/mol. The first-order valence-electron chi connectivity index (χ1n) is 12.6. The fraction of sp³-hybridized carbons (Fsp3) is 0.379. The number of urea groups is 1. The van der Waals surface area contributed by atoms with Crippen molar-refractivity contribution in [1.82, 2.24) is 15.0 Å². The summed E-state index contributed by atoms with van der Waals surface area (Å²) in [5, 5.41) is 3.07. The molecule has 1 fully saturated rings. The quantitative estimate of drug-likeness (QED) is 0.471. The number of hydrogen-bond donors (Lipinski definition) is 1. The molecule has 5 heterocycles. The van der Waals surface area contributed by atoms with Crippen molar-refractivity contribution in [2.45, 2.75) is 53.5 Å². The van der Waals surface area contributed by atoms with E-state index in [4.69, 9.17) is 4.98 Å². The van der Waals surface area contributed by atoms with Crippen molar-refractivity contribution in [2.24, 2.45) is 5.41 Å². The van der Waals surface area contributed by atoms with Crippen molar-refractivity contribution in [3.63, 3.8) is 0 Å². The van der Waals surface area contributed by atoms with Crippen molar-refractivity contribution < 1.29 is 4.79 Å². The van der Waals surface area contributed by atoms with E-state index in [-0.39, 0.29) is 17.5 Å². The second-order valence-corrected chi connectivity index (χ2v) is 10.9. The molecule has 2 amide bonds. The van der Waals surface area contributed by atoms with Crippen LogP contribution in [0.5, 0.6) is 0 Å². The van der Waals surface area contributed by atoms with Crippen LogP contribution in [0, 0.1) is 12.3 Å². The summed E-state index contributed by atoms with van der Waals surface area (Å²) in [6.07, 6.45) is 7.56. The predicted octanol–water partition coefficient (Wildman–Crippen LogP) is 6.32. The van der Waals surface area contributed by atoms with Crippen LogP contribution in [0.2, 0.25) is 0 Å². The molecule has 0 aliphatic carbocycles. The van der Waals surface area contributed by atoms with E-state index in [9.17, 15) is 4.79 Å². The number of allylic oxidation sites excluding steroid dienone is 2. The number of pyridine rings is 3. The zero-order chi connectivity index (χ0) is 25.4. The van der Waals surface area contributed by atoms with Crippen LogP contribution in [-0.4, -0.2) is 40.1 Å². The van der Waals surface area contributed by atoms with Crippen molar-refractivity contribution >= 4 is 28.9 Å². The van der Waals surface area contributed by atoms with Gasteiger partial charge < -0.3 is 4.90 Å². The van der Waals surface area contributed by atoms with E-state index in [1.165, 1.54) is 5.57 Å². The van der Waals surface area contributed by atoms with Gasteiger partial charge in [-0.25, -0.2) is 14.8 Å². The molecule has 3 aromatic heterocycles. The van der Waals surface area contributed by atoms with Gasteiger partial charge in [-0.2, -0.15) is 0 Å². The van der Waals surface area contributed by atoms with Gasteiger partial charge in [0.05, 0.1) is 17.4 Å². The maximum absolute atomic E-state index is 13.7. The third kappa shape index (κ3) is 4.83. The number of carbonyl (C=O) groups is 1. The lowest BCUT2D eigenvalue weighted by Crippen LogP contribution is -2.48. The first-order valence-corrected chi connectivity index (χ1v) is 12.6. The van der Waals surface area contributed by atoms with Gasteiger partial charge in [0.1, 0.15) is 5.82 Å². The van der Waals surface area contributed by atoms with Crippen LogP contribution in [0.1, 0.15) is 51.8 Å². The van der Waals surface area contributed by atoms with Gasteiger partial charge in [0.25, 0.3) is 0 Å². The van der Waals surface area contributed by atoms with Crippen LogP contribution < -0.4 is 15.1 Å². The molecule has 186 valence electrons. The maximum atomic E-state index is 13.7. The second kappa shape index (κ2) is 9.37. The van der Waals surface area contributed by atoms with Gasteiger partial charge in [-0.1, -0.05) is 26.8 Å². The van der Waals surface area contributed by atoms with E-state index in [0.29, 0.717) is 11.6 Å². The van der Waals surface area contributed by atoms with E-state index in [1.807, 2.05) is 42.2 Å². The minimum Gasteiger partial charge on any atom is -0.366 e. The van der Waals surface area contributed by atoms with E-state index in [1.54, 1.807) is 12.4 Å². The topological polar surface area (TPSA) is 74.2 Å². The molecule has 2 aliphatic rings. The van der Waals surface area contributed by atoms with Crippen LogP contribution >= 0.6 is 0 Å². The van der Waals surface area contributed by atoms with E-state index in [2.05, 4.69) is 60.0 Å². The molecule has 0 spiro atoms. The summed E-state index contributed by atoms with van der Waals surface area (Å²) in [5.74, 6) is 1.25. The minimum atomic E-state index is -0.194. The van der Waals surface area contributed by atoms with Crippen LogP contribution in [0.25, 0.3) is 16.8 Å². The van der Waals surface area contributed by atoms with Gasteiger partial charge in [-0.3, -0.25) is 15.2 Å². The molecule has 0 radical (unpaired) electrons. The third-order valence-electron chi connectivity index (χ3n) is 6.80. The van der Waals surface area contributed by atoms with Gasteiger partial charge in [0.15, 0.2) is 5.82 Å². The second-order valence-electron chi connectivity index (χ2n) is 10.9. The van der Waals surface area contributed by atoms with Crippen LogP contribution in [0.3, 0.4) is 0 Å². The van der Waals surface area contributed by atoms with Gasteiger partial charge in [-0.15, -0.1) is 0 Å². The Hall–Kier alpha value is -3.74. The summed E-state index contributed by atoms with van der Waals surface area (Å²) in [5.41, 5.74) is 6.24. The molecule has 7 nitrogen and oxygen atoms in total. The molecule has 7 heteroatoms. The molecule has 1 saturated heterocycles. The van der Waals surface area contributed by atoms with Crippen molar-refractivity contribution in [2.75, 3.05) is 28.2 Å². The Kier molecular flexibility index (Phi) is 6.24. The summed E-state index contributed by atoms with van der Waals surface area (Å²) in [4.78, 5) is 31.6. The highest BCUT2D eigenvalue weighted by molar-refractivity contribution is 6.04. The molecule has 2 bridgehead atoms. The largest absolute Gasteiger partial charge is 0.366 e. The SMILES string of the molecule is C/C=C(\CC(C)(C)C)c1ccnc(NC(=O)N2c3nc(-c4ccnc(C)c4)ccc3N3CCC2C3)c1. The summed E-state index contributed by atoms with van der Waals surface area (Å²) in [6.45, 7) is 12.5. The lowest BCUT2D eigenvalue weighted by molar-refractivity contribution is 0.254. The number of carbonyl (C=O) groups excluding carboxylic acids is 1. The number of nitrogens with one attached hydrogen (secondary N) is 1. The number of hydrogen-bond acceptors (Lipinski definition) is 5. The molecule has 2 aliphatic heterocycles. The van der Waals surface area contributed by atoms with Crippen LogP contribution in [0.15, 0.2) is 54.9 Å². The molecule has 36 heavy (non-hydrogen) atoms. The molecule has 1 atom stereocenters. The first kappa shape index (κ1) is 24.0. The highest BCUT2D eigenvalue weighted by Crippen LogP contribution is 2.40. The van der Waals surface area contributed by atoms with Crippen molar-refractivity contribution in [3.05, 3.63) is 66.1 Å². The molecular formula is C29H34N6O. The molecule has 1 unspecified atom stereocenters. The van der Waals surface area contributed by atoms with Crippen molar-refractivity contribution in [1.29, 1.82) is 0 Å². The number of amides is 2. The minimum absolute atomic E-state index is 0.0783. The normalized spacial score (nSPS) is 17.2. The van der Waals surface area contributed by atoms with E-state index < -0.39 is 0 Å². The van der Waals surface area contributed by atoms with Crippen LogP contribution in [0.4, 0.5) is 22.1 Å².